The lowest BCUT2D eigenvalue weighted by molar-refractivity contribution is -0.137. The van der Waals surface area contributed by atoms with Crippen molar-refractivity contribution in [2.24, 2.45) is 0 Å². The van der Waals surface area contributed by atoms with Crippen molar-refractivity contribution in [2.75, 3.05) is 25.0 Å². The summed E-state index contributed by atoms with van der Waals surface area (Å²) in [5.41, 5.74) is 0.631. The van der Waals surface area contributed by atoms with E-state index >= 15 is 0 Å². The van der Waals surface area contributed by atoms with Gasteiger partial charge in [0.15, 0.2) is 0 Å². The second kappa shape index (κ2) is 9.45. The summed E-state index contributed by atoms with van der Waals surface area (Å²) in [6, 6.07) is 4.67. The fraction of sp³-hybridized carbons (Fsp3) is 0.421. The highest BCUT2D eigenvalue weighted by molar-refractivity contribution is 7.09. The molecule has 0 spiro atoms. The van der Waals surface area contributed by atoms with Gasteiger partial charge < -0.3 is 10.1 Å². The van der Waals surface area contributed by atoms with Gasteiger partial charge in [-0.1, -0.05) is 6.07 Å². The average Bonchev–Trinajstić information content (AvgIpc) is 3.15. The number of rotatable bonds is 7. The number of nitrogens with zero attached hydrogens (tertiary/aromatic N) is 3. The van der Waals surface area contributed by atoms with Gasteiger partial charge in [-0.15, -0.1) is 11.3 Å². The molecule has 0 radical (unpaired) electrons. The minimum absolute atomic E-state index is 0.364. The van der Waals surface area contributed by atoms with Crippen LogP contribution in [0.2, 0.25) is 0 Å². The molecule has 1 aliphatic rings. The third-order valence-electron chi connectivity index (χ3n) is 4.17. The molecule has 7 heteroatoms. The predicted octanol–water partition coefficient (Wildman–Crippen LogP) is 3.19. The molecule has 2 aromatic rings. The van der Waals surface area contributed by atoms with Gasteiger partial charge in [0.05, 0.1) is 24.7 Å². The Hall–Kier alpha value is -2.25. The Bertz CT molecular complexity index is 716. The topological polar surface area (TPSA) is 67.3 Å². The van der Waals surface area contributed by atoms with E-state index in [2.05, 4.69) is 37.7 Å². The molecule has 1 saturated heterocycles. The number of nitrogens with one attached hydrogen (secondary N) is 1. The van der Waals surface area contributed by atoms with Crippen LogP contribution >= 0.6 is 11.3 Å². The van der Waals surface area contributed by atoms with Crippen LogP contribution in [-0.4, -0.2) is 46.6 Å². The van der Waals surface area contributed by atoms with Crippen molar-refractivity contribution in [2.45, 2.75) is 32.4 Å². The van der Waals surface area contributed by atoms with Crippen molar-refractivity contribution < 1.29 is 9.53 Å². The zero-order valence-electron chi connectivity index (χ0n) is 14.9. The van der Waals surface area contributed by atoms with Crippen LogP contribution in [0.15, 0.2) is 36.0 Å². The minimum Gasteiger partial charge on any atom is -0.463 e. The van der Waals surface area contributed by atoms with E-state index < -0.39 is 0 Å². The van der Waals surface area contributed by atoms with Gasteiger partial charge >= 0.3 is 5.97 Å². The molecule has 0 unspecified atom stereocenters. The predicted molar refractivity (Wildman–Crippen MR) is 104 cm³/mol. The highest BCUT2D eigenvalue weighted by atomic mass is 32.1. The van der Waals surface area contributed by atoms with E-state index in [9.17, 15) is 4.79 Å². The zero-order chi connectivity index (χ0) is 18.2. The van der Waals surface area contributed by atoms with Gasteiger partial charge in [-0.3, -0.25) is 9.88 Å². The lowest BCUT2D eigenvalue weighted by atomic mass is 10.1. The number of likely N-dealkylation sites (tertiary alicyclic amines) is 1. The zero-order valence-corrected chi connectivity index (χ0v) is 15.7. The molecule has 1 aliphatic heterocycles. The summed E-state index contributed by atoms with van der Waals surface area (Å²) in [6.07, 6.45) is 8.65. The SMILES string of the molecule is CCOC(=O)C=Cc1cnc(N[C@@H]2CCCN(Cc3cccs3)C2)cn1. The van der Waals surface area contributed by atoms with Crippen LogP contribution in [0, 0.1) is 0 Å². The summed E-state index contributed by atoms with van der Waals surface area (Å²) >= 11 is 1.81. The lowest BCUT2D eigenvalue weighted by Gasteiger charge is -2.33. The monoisotopic (exact) mass is 372 g/mol. The first-order valence-electron chi connectivity index (χ1n) is 8.91. The normalized spacial score (nSPS) is 18.1. The number of hydrogen-bond donors (Lipinski definition) is 1. The Morgan fingerprint density at radius 2 is 2.38 bits per heavy atom. The highest BCUT2D eigenvalue weighted by Crippen LogP contribution is 2.18. The van der Waals surface area contributed by atoms with Gasteiger partial charge in [0.1, 0.15) is 5.82 Å². The van der Waals surface area contributed by atoms with Gasteiger partial charge in [-0.2, -0.15) is 0 Å². The number of esters is 1. The van der Waals surface area contributed by atoms with Crippen LogP contribution in [0.25, 0.3) is 6.08 Å². The molecular formula is C19H24N4O2S. The summed E-state index contributed by atoms with van der Waals surface area (Å²) in [6.45, 7) is 5.30. The van der Waals surface area contributed by atoms with Gasteiger partial charge in [0.2, 0.25) is 0 Å². The van der Waals surface area contributed by atoms with E-state index in [1.54, 1.807) is 25.4 Å². The van der Waals surface area contributed by atoms with E-state index in [4.69, 9.17) is 4.74 Å². The number of anilines is 1. The Morgan fingerprint density at radius 3 is 3.12 bits per heavy atom. The molecule has 0 aliphatic carbocycles. The number of piperidine rings is 1. The fourth-order valence-electron chi connectivity index (χ4n) is 2.99. The molecule has 1 atom stereocenters. The van der Waals surface area contributed by atoms with Crippen molar-refractivity contribution >= 4 is 29.2 Å². The summed E-state index contributed by atoms with van der Waals surface area (Å²) in [5.74, 6) is 0.394. The summed E-state index contributed by atoms with van der Waals surface area (Å²) in [5, 5.41) is 5.60. The van der Waals surface area contributed by atoms with E-state index in [0.29, 0.717) is 18.3 Å². The number of carbonyl (C=O) groups is 1. The molecule has 2 aromatic heterocycles. The third-order valence-corrected chi connectivity index (χ3v) is 5.03. The van der Waals surface area contributed by atoms with Gasteiger partial charge in [-0.25, -0.2) is 9.78 Å². The second-order valence-electron chi connectivity index (χ2n) is 6.21. The number of aromatic nitrogens is 2. The van der Waals surface area contributed by atoms with Crippen LogP contribution in [0.4, 0.5) is 5.82 Å². The fourth-order valence-corrected chi connectivity index (χ4v) is 3.74. The maximum Gasteiger partial charge on any atom is 0.330 e. The number of carbonyl (C=O) groups excluding carboxylic acids is 1. The number of hydrogen-bond acceptors (Lipinski definition) is 7. The van der Waals surface area contributed by atoms with Crippen molar-refractivity contribution in [1.82, 2.24) is 14.9 Å². The van der Waals surface area contributed by atoms with Crippen LogP contribution < -0.4 is 5.32 Å². The molecule has 3 rings (SSSR count). The largest absolute Gasteiger partial charge is 0.463 e. The van der Waals surface area contributed by atoms with Crippen LogP contribution in [0.5, 0.6) is 0 Å². The quantitative estimate of drug-likeness (QED) is 0.595. The smallest absolute Gasteiger partial charge is 0.330 e. The Labute approximate surface area is 157 Å². The maximum absolute atomic E-state index is 11.3. The third kappa shape index (κ3) is 5.64. The van der Waals surface area contributed by atoms with E-state index in [1.165, 1.54) is 17.4 Å². The van der Waals surface area contributed by atoms with Gasteiger partial charge in [-0.05, 0) is 43.8 Å². The standard InChI is InChI=1S/C19H24N4O2S/c1-2-25-19(24)8-7-15-11-21-18(12-20-15)22-16-5-3-9-23(13-16)14-17-6-4-10-26-17/h4,6-8,10-12,16H,2-3,5,9,13-14H2,1H3,(H,21,22)/t16-/m1/s1. The summed E-state index contributed by atoms with van der Waals surface area (Å²) in [4.78, 5) is 23.9. The van der Waals surface area contributed by atoms with Crippen LogP contribution in [0.3, 0.4) is 0 Å². The molecule has 3 heterocycles. The molecule has 26 heavy (non-hydrogen) atoms. The first-order valence-corrected chi connectivity index (χ1v) is 9.79. The van der Waals surface area contributed by atoms with Crippen LogP contribution in [-0.2, 0) is 16.1 Å². The average molecular weight is 372 g/mol. The first kappa shape index (κ1) is 18.5. The molecule has 0 aromatic carbocycles. The Kier molecular flexibility index (Phi) is 6.74. The minimum atomic E-state index is -0.371. The Morgan fingerprint density at radius 1 is 1.46 bits per heavy atom. The lowest BCUT2D eigenvalue weighted by Crippen LogP contribution is -2.41. The maximum atomic E-state index is 11.3. The molecular weight excluding hydrogens is 348 g/mol. The van der Waals surface area contributed by atoms with Gasteiger partial charge in [0.25, 0.3) is 0 Å². The van der Waals surface area contributed by atoms with E-state index in [1.807, 2.05) is 11.3 Å². The molecule has 1 fully saturated rings. The molecule has 0 bridgehead atoms. The van der Waals surface area contributed by atoms with Crippen molar-refractivity contribution in [3.05, 3.63) is 46.6 Å². The van der Waals surface area contributed by atoms with Crippen molar-refractivity contribution in [3.63, 3.8) is 0 Å². The molecule has 1 N–H and O–H groups in total. The number of ether oxygens (including phenoxy) is 1. The molecule has 6 nitrogen and oxygen atoms in total. The summed E-state index contributed by atoms with van der Waals surface area (Å²) < 4.78 is 4.85. The van der Waals surface area contributed by atoms with Crippen LogP contribution in [0.1, 0.15) is 30.3 Å². The molecule has 138 valence electrons. The summed E-state index contributed by atoms with van der Waals surface area (Å²) in [7, 11) is 0. The molecule has 0 saturated carbocycles. The van der Waals surface area contributed by atoms with E-state index in [0.717, 1.165) is 31.9 Å². The van der Waals surface area contributed by atoms with Crippen molar-refractivity contribution in [1.29, 1.82) is 0 Å². The number of thiophene rings is 1. The highest BCUT2D eigenvalue weighted by Gasteiger charge is 2.20. The second-order valence-corrected chi connectivity index (χ2v) is 7.24. The molecule has 0 amide bonds. The van der Waals surface area contributed by atoms with E-state index in [-0.39, 0.29) is 5.97 Å². The van der Waals surface area contributed by atoms with Gasteiger partial charge in [0, 0.05) is 30.1 Å². The van der Waals surface area contributed by atoms with Crippen molar-refractivity contribution in [3.8, 4) is 0 Å². The Balaban J connectivity index is 1.51. The first-order chi connectivity index (χ1) is 12.7.